The van der Waals surface area contributed by atoms with Crippen LogP contribution in [-0.4, -0.2) is 77.2 Å². The van der Waals surface area contributed by atoms with E-state index in [2.05, 4.69) is 20.6 Å². The maximum atomic E-state index is 12.9. The first-order valence-electron chi connectivity index (χ1n) is 12.4. The molecule has 1 aliphatic heterocycles. The van der Waals surface area contributed by atoms with Gasteiger partial charge in [-0.3, -0.25) is 9.59 Å². The van der Waals surface area contributed by atoms with Crippen LogP contribution in [0.2, 0.25) is 0 Å². The minimum absolute atomic E-state index is 0.0261. The summed E-state index contributed by atoms with van der Waals surface area (Å²) < 4.78 is 53.6. The van der Waals surface area contributed by atoms with Gasteiger partial charge in [0.15, 0.2) is 11.8 Å². The predicted molar refractivity (Wildman–Crippen MR) is 145 cm³/mol. The Balaban J connectivity index is 1.12. The molecule has 1 aliphatic rings. The van der Waals surface area contributed by atoms with Gasteiger partial charge in [-0.25, -0.2) is 27.6 Å². The Morgan fingerprint density at radius 1 is 1.12 bits per heavy atom. The van der Waals surface area contributed by atoms with E-state index in [1.54, 1.807) is 42.5 Å². The number of aromatic nitrogens is 4. The minimum Gasteiger partial charge on any atom is -0.491 e. The van der Waals surface area contributed by atoms with Crippen LogP contribution >= 0.6 is 11.3 Å². The number of nitrogens with zero attached hydrogens (tertiary/aromatic N) is 4. The number of primary sulfonamides is 1. The molecule has 4 aromatic rings. The lowest BCUT2D eigenvalue weighted by molar-refractivity contribution is -0.127. The van der Waals surface area contributed by atoms with Gasteiger partial charge in [-0.1, -0.05) is 17.3 Å². The molecule has 2 aromatic heterocycles. The van der Waals surface area contributed by atoms with E-state index in [4.69, 9.17) is 19.3 Å². The first kappa shape index (κ1) is 29.5. The van der Waals surface area contributed by atoms with Crippen molar-refractivity contribution in [3.8, 4) is 11.5 Å². The number of carbonyl (C=O) groups excluding carboxylic acids is 2. The van der Waals surface area contributed by atoms with Crippen LogP contribution in [0.5, 0.6) is 11.5 Å². The zero-order valence-corrected chi connectivity index (χ0v) is 23.4. The number of aliphatic hydroxyl groups is 1. The Kier molecular flexibility index (Phi) is 8.74. The third-order valence-electron chi connectivity index (χ3n) is 6.07. The normalized spacial score (nSPS) is 17.9. The average Bonchev–Trinajstić information content (AvgIpc) is 3.68. The van der Waals surface area contributed by atoms with Gasteiger partial charge in [0.2, 0.25) is 4.34 Å². The molecular formula is C25H25FN6O8S2. The van der Waals surface area contributed by atoms with Gasteiger partial charge in [0.1, 0.15) is 49.2 Å². The third-order valence-corrected chi connectivity index (χ3v) is 8.41. The number of fused-ring (bicyclic) bond motifs is 1. The summed E-state index contributed by atoms with van der Waals surface area (Å²) in [6, 6.07) is 9.50. The molecule has 0 spiro atoms. The highest BCUT2D eigenvalue weighted by molar-refractivity contribution is 7.91. The number of Topliss-reactive ketones (excluding diaryl/α,β-unsaturated/α-hetero) is 1. The van der Waals surface area contributed by atoms with Gasteiger partial charge in [0.25, 0.3) is 15.9 Å². The number of rotatable bonds is 13. The zero-order valence-electron chi connectivity index (χ0n) is 21.8. The molecule has 0 aliphatic carbocycles. The average molecular weight is 621 g/mol. The highest BCUT2D eigenvalue weighted by Gasteiger charge is 2.43. The molecule has 14 nitrogen and oxygen atoms in total. The summed E-state index contributed by atoms with van der Waals surface area (Å²) >= 11 is 0.918. The van der Waals surface area contributed by atoms with Crippen molar-refractivity contribution in [1.29, 1.82) is 0 Å². The molecule has 1 saturated heterocycles. The number of thiazole rings is 1. The number of benzene rings is 2. The fraction of sp³-hybridized carbons (Fsp3) is 0.320. The molecule has 0 saturated carbocycles. The molecule has 2 aromatic carbocycles. The quantitative estimate of drug-likeness (QED) is 0.177. The smallest absolute Gasteiger partial charge is 0.265 e. The summed E-state index contributed by atoms with van der Waals surface area (Å²) in [6.07, 6.45) is 0.252. The largest absolute Gasteiger partial charge is 0.491 e. The summed E-state index contributed by atoms with van der Waals surface area (Å²) in [5, 5.41) is 24.9. The summed E-state index contributed by atoms with van der Waals surface area (Å²) in [5.41, 5.74) is 1.60. The van der Waals surface area contributed by atoms with E-state index in [1.165, 1.54) is 10.9 Å². The first-order valence-corrected chi connectivity index (χ1v) is 14.8. The van der Waals surface area contributed by atoms with Crippen molar-refractivity contribution in [2.24, 2.45) is 5.14 Å². The number of aliphatic hydroxyl groups excluding tert-OH is 1. The van der Waals surface area contributed by atoms with Crippen molar-refractivity contribution in [2.75, 3.05) is 19.9 Å². The van der Waals surface area contributed by atoms with E-state index in [1.807, 2.05) is 0 Å². The first-order chi connectivity index (χ1) is 20.1. The number of hydrogen-bond donors (Lipinski definition) is 3. The summed E-state index contributed by atoms with van der Waals surface area (Å²) in [5.74, 6) is -0.0750. The molecule has 1 fully saturated rings. The van der Waals surface area contributed by atoms with Gasteiger partial charge in [0.05, 0.1) is 29.6 Å². The van der Waals surface area contributed by atoms with E-state index < -0.39 is 46.6 Å². The number of nitrogens with one attached hydrogen (secondary N) is 1. The Morgan fingerprint density at radius 3 is 2.62 bits per heavy atom. The van der Waals surface area contributed by atoms with Gasteiger partial charge < -0.3 is 24.6 Å². The van der Waals surface area contributed by atoms with Crippen molar-refractivity contribution in [3.05, 3.63) is 59.9 Å². The fourth-order valence-corrected chi connectivity index (χ4v) is 5.67. The molecule has 17 heteroatoms. The van der Waals surface area contributed by atoms with Crippen LogP contribution in [0.15, 0.2) is 53.0 Å². The second kappa shape index (κ2) is 12.5. The number of ketones is 1. The standard InChI is InChI=1S/C25H25FN6O8S2/c26-8-16(33)12-40-17-3-1-14(2-4-17)10-38-13-20-23(34)22(24(35)28-20)32-9-15(30-31-32)11-39-18-5-6-19-21(7-18)41-25(29-19)42(27,36)37/h1-7,9,16,20,22,33H,8,10-13H2,(H,28,35)(H2,27,36,37). The number of hydrogen-bond acceptors (Lipinski definition) is 12. The summed E-state index contributed by atoms with van der Waals surface area (Å²) in [6.45, 7) is -0.968. The van der Waals surface area contributed by atoms with Crippen molar-refractivity contribution >= 4 is 43.3 Å². The van der Waals surface area contributed by atoms with E-state index in [0.717, 1.165) is 16.9 Å². The third kappa shape index (κ3) is 6.88. The van der Waals surface area contributed by atoms with E-state index in [9.17, 15) is 27.5 Å². The lowest BCUT2D eigenvalue weighted by Crippen LogP contribution is -2.33. The molecule has 42 heavy (non-hydrogen) atoms. The van der Waals surface area contributed by atoms with Crippen LogP contribution in [0, 0.1) is 0 Å². The predicted octanol–water partition coefficient (Wildman–Crippen LogP) is 0.649. The molecule has 5 rings (SSSR count). The van der Waals surface area contributed by atoms with E-state index in [-0.39, 0.29) is 30.8 Å². The number of sulfonamides is 1. The number of halogens is 1. The number of amides is 1. The van der Waals surface area contributed by atoms with Crippen LogP contribution in [0.4, 0.5) is 4.39 Å². The maximum absolute atomic E-state index is 12.9. The number of ether oxygens (including phenoxy) is 3. The van der Waals surface area contributed by atoms with Crippen molar-refractivity contribution in [1.82, 2.24) is 25.3 Å². The molecule has 3 atom stereocenters. The molecule has 0 radical (unpaired) electrons. The molecule has 222 valence electrons. The summed E-state index contributed by atoms with van der Waals surface area (Å²) in [7, 11) is -3.92. The highest BCUT2D eigenvalue weighted by atomic mass is 32.2. The molecule has 1 amide bonds. The Hall–Kier alpha value is -4.03. The van der Waals surface area contributed by atoms with Crippen LogP contribution in [0.3, 0.4) is 0 Å². The lowest BCUT2D eigenvalue weighted by atomic mass is 10.1. The molecule has 0 bridgehead atoms. The molecule has 3 unspecified atom stereocenters. The highest BCUT2D eigenvalue weighted by Crippen LogP contribution is 2.28. The van der Waals surface area contributed by atoms with E-state index >= 15 is 0 Å². The van der Waals surface area contributed by atoms with Crippen molar-refractivity contribution in [3.63, 3.8) is 0 Å². The topological polar surface area (TPSA) is 198 Å². The van der Waals surface area contributed by atoms with Gasteiger partial charge in [-0.2, -0.15) is 0 Å². The SMILES string of the molecule is NS(=O)(=O)c1nc2ccc(OCc3cn(C4C(=O)NC(COCc5ccc(OCC(O)CF)cc5)C4=O)nn3)cc2s1. The Labute approximate surface area is 242 Å². The maximum Gasteiger partial charge on any atom is 0.265 e. The second-order valence-electron chi connectivity index (χ2n) is 9.28. The van der Waals surface area contributed by atoms with Crippen LogP contribution < -0.4 is 19.9 Å². The van der Waals surface area contributed by atoms with Crippen molar-refractivity contribution in [2.45, 2.75) is 35.7 Å². The minimum atomic E-state index is -3.92. The Morgan fingerprint density at radius 2 is 1.88 bits per heavy atom. The number of nitrogens with two attached hydrogens (primary N) is 1. The zero-order chi connectivity index (χ0) is 29.9. The Bertz CT molecular complexity index is 1690. The molecular weight excluding hydrogens is 595 g/mol. The summed E-state index contributed by atoms with van der Waals surface area (Å²) in [4.78, 5) is 29.5. The van der Waals surface area contributed by atoms with Crippen molar-refractivity contribution < 1.29 is 41.7 Å². The van der Waals surface area contributed by atoms with E-state index in [0.29, 0.717) is 27.4 Å². The molecule has 4 N–H and O–H groups in total. The lowest BCUT2D eigenvalue weighted by Gasteiger charge is -2.11. The monoisotopic (exact) mass is 620 g/mol. The van der Waals surface area contributed by atoms with Gasteiger partial charge in [-0.15, -0.1) is 16.4 Å². The second-order valence-corrected chi connectivity index (χ2v) is 12.0. The molecule has 3 heterocycles. The van der Waals surface area contributed by atoms with Gasteiger partial charge >= 0.3 is 0 Å². The van der Waals surface area contributed by atoms with Crippen LogP contribution in [-0.2, 0) is 37.6 Å². The number of carbonyl (C=O) groups is 2. The van der Waals surface area contributed by atoms with Crippen LogP contribution in [0.1, 0.15) is 17.3 Å². The fourth-order valence-electron chi connectivity index (χ4n) is 3.99. The van der Waals surface area contributed by atoms with Gasteiger partial charge in [-0.05, 0) is 35.9 Å². The number of alkyl halides is 1. The van der Waals surface area contributed by atoms with Gasteiger partial charge in [0, 0.05) is 0 Å². The van der Waals surface area contributed by atoms with Crippen LogP contribution in [0.25, 0.3) is 10.2 Å².